The standard InChI is InChI=1S/C22H23N3O4/c1-27-17-7-5-16(6-8-17)20-19(23-18-4-2-3-11-25(18)20)21(26)24-12-9-22(10-13-24)28-14-15-29-22/h2-8,11H,9-10,12-15H2,1H3. The molecular weight excluding hydrogens is 370 g/mol. The molecule has 2 aliphatic heterocycles. The van der Waals surface area contributed by atoms with E-state index in [0.29, 0.717) is 44.8 Å². The summed E-state index contributed by atoms with van der Waals surface area (Å²) in [4.78, 5) is 20.0. The molecule has 0 unspecified atom stereocenters. The normalized spacial score (nSPS) is 18.4. The Bertz CT molecular complexity index is 1030. The van der Waals surface area contributed by atoms with Crippen LogP contribution in [0.1, 0.15) is 23.3 Å². The molecule has 2 fully saturated rings. The number of pyridine rings is 1. The third-order valence-electron chi connectivity index (χ3n) is 5.72. The molecule has 0 atom stereocenters. The van der Waals surface area contributed by atoms with Gasteiger partial charge in [-0.3, -0.25) is 9.20 Å². The smallest absolute Gasteiger partial charge is 0.274 e. The molecular formula is C22H23N3O4. The van der Waals surface area contributed by atoms with Gasteiger partial charge in [0, 0.05) is 37.7 Å². The highest BCUT2D eigenvalue weighted by atomic mass is 16.7. The quantitative estimate of drug-likeness (QED) is 0.685. The molecule has 1 spiro atoms. The number of hydrogen-bond donors (Lipinski definition) is 0. The summed E-state index contributed by atoms with van der Waals surface area (Å²) in [6, 6.07) is 13.5. The summed E-state index contributed by atoms with van der Waals surface area (Å²) in [6.45, 7) is 2.44. The highest BCUT2D eigenvalue weighted by molar-refractivity contribution is 5.99. The van der Waals surface area contributed by atoms with Crippen LogP contribution in [0.25, 0.3) is 16.9 Å². The lowest BCUT2D eigenvalue weighted by Gasteiger charge is -2.37. The predicted molar refractivity (Wildman–Crippen MR) is 107 cm³/mol. The van der Waals surface area contributed by atoms with Gasteiger partial charge in [0.05, 0.1) is 26.0 Å². The van der Waals surface area contributed by atoms with Crippen molar-refractivity contribution < 1.29 is 19.0 Å². The lowest BCUT2D eigenvalue weighted by molar-refractivity contribution is -0.181. The molecule has 0 bridgehead atoms. The van der Waals surface area contributed by atoms with Gasteiger partial charge in [-0.25, -0.2) is 4.98 Å². The number of aromatic nitrogens is 2. The monoisotopic (exact) mass is 393 g/mol. The van der Waals surface area contributed by atoms with Gasteiger partial charge in [0.2, 0.25) is 0 Å². The number of carbonyl (C=O) groups is 1. The Labute approximate surface area is 168 Å². The highest BCUT2D eigenvalue weighted by Crippen LogP contribution is 2.33. The molecule has 7 heteroatoms. The van der Waals surface area contributed by atoms with Gasteiger partial charge in [0.25, 0.3) is 5.91 Å². The second-order valence-corrected chi connectivity index (χ2v) is 7.37. The summed E-state index contributed by atoms with van der Waals surface area (Å²) in [7, 11) is 1.64. The topological polar surface area (TPSA) is 65.3 Å². The first kappa shape index (κ1) is 18.1. The molecule has 2 aliphatic rings. The zero-order valence-corrected chi connectivity index (χ0v) is 16.3. The molecule has 4 heterocycles. The molecule has 7 nitrogen and oxygen atoms in total. The van der Waals surface area contributed by atoms with E-state index in [1.54, 1.807) is 7.11 Å². The van der Waals surface area contributed by atoms with E-state index >= 15 is 0 Å². The fourth-order valence-corrected chi connectivity index (χ4v) is 4.16. The SMILES string of the molecule is COc1ccc(-c2c(C(=O)N3CCC4(CC3)OCCO4)nc3ccccn23)cc1. The van der Waals surface area contributed by atoms with Gasteiger partial charge in [-0.15, -0.1) is 0 Å². The number of ether oxygens (including phenoxy) is 3. The van der Waals surface area contributed by atoms with Crippen LogP contribution in [-0.4, -0.2) is 59.4 Å². The van der Waals surface area contributed by atoms with Crippen LogP contribution in [0.2, 0.25) is 0 Å². The van der Waals surface area contributed by atoms with E-state index < -0.39 is 5.79 Å². The third-order valence-corrected chi connectivity index (χ3v) is 5.72. The average Bonchev–Trinajstić information content (AvgIpc) is 3.39. The van der Waals surface area contributed by atoms with Crippen molar-refractivity contribution in [2.75, 3.05) is 33.4 Å². The van der Waals surface area contributed by atoms with Crippen LogP contribution in [0.5, 0.6) is 5.75 Å². The summed E-state index contributed by atoms with van der Waals surface area (Å²) >= 11 is 0. The zero-order chi connectivity index (χ0) is 19.8. The van der Waals surface area contributed by atoms with Crippen molar-refractivity contribution in [3.05, 3.63) is 54.4 Å². The number of likely N-dealkylation sites (tertiary alicyclic amines) is 1. The Morgan fingerprint density at radius 3 is 2.48 bits per heavy atom. The van der Waals surface area contributed by atoms with Crippen molar-refractivity contribution in [2.45, 2.75) is 18.6 Å². The van der Waals surface area contributed by atoms with Crippen molar-refractivity contribution in [1.29, 1.82) is 0 Å². The minimum absolute atomic E-state index is 0.0626. The van der Waals surface area contributed by atoms with Crippen LogP contribution in [-0.2, 0) is 9.47 Å². The molecule has 29 heavy (non-hydrogen) atoms. The van der Waals surface area contributed by atoms with Gasteiger partial charge in [-0.2, -0.15) is 0 Å². The van der Waals surface area contributed by atoms with Crippen molar-refractivity contribution in [3.63, 3.8) is 0 Å². The van der Waals surface area contributed by atoms with Gasteiger partial charge in [-0.1, -0.05) is 6.07 Å². The van der Waals surface area contributed by atoms with E-state index in [1.165, 1.54) is 0 Å². The number of methoxy groups -OCH3 is 1. The van der Waals surface area contributed by atoms with Crippen LogP contribution in [0, 0.1) is 0 Å². The molecule has 150 valence electrons. The molecule has 0 N–H and O–H groups in total. The second kappa shape index (κ2) is 7.17. The summed E-state index contributed by atoms with van der Waals surface area (Å²) in [5.41, 5.74) is 2.92. The fraction of sp³-hybridized carbons (Fsp3) is 0.364. The number of nitrogens with zero attached hydrogens (tertiary/aromatic N) is 3. The maximum Gasteiger partial charge on any atom is 0.274 e. The summed E-state index contributed by atoms with van der Waals surface area (Å²) < 4.78 is 18.8. The van der Waals surface area contributed by atoms with Gasteiger partial charge in [-0.05, 0) is 36.4 Å². The number of benzene rings is 1. The van der Waals surface area contributed by atoms with Crippen molar-refractivity contribution in [3.8, 4) is 17.0 Å². The molecule has 3 aromatic rings. The van der Waals surface area contributed by atoms with Gasteiger partial charge in [0.1, 0.15) is 11.4 Å². The van der Waals surface area contributed by atoms with E-state index in [1.807, 2.05) is 58.0 Å². The molecule has 0 aliphatic carbocycles. The van der Waals surface area contributed by atoms with E-state index in [4.69, 9.17) is 14.2 Å². The predicted octanol–water partition coefficient (Wildman–Crippen LogP) is 2.99. The lowest BCUT2D eigenvalue weighted by Crippen LogP contribution is -2.47. The maximum absolute atomic E-state index is 13.4. The molecule has 0 saturated carbocycles. The Hall–Kier alpha value is -2.90. The minimum atomic E-state index is -0.505. The Balaban J connectivity index is 1.50. The minimum Gasteiger partial charge on any atom is -0.497 e. The molecule has 1 aromatic carbocycles. The van der Waals surface area contributed by atoms with Crippen LogP contribution >= 0.6 is 0 Å². The van der Waals surface area contributed by atoms with E-state index in [0.717, 1.165) is 22.7 Å². The maximum atomic E-state index is 13.4. The summed E-state index contributed by atoms with van der Waals surface area (Å²) in [5.74, 6) is 0.204. The fourth-order valence-electron chi connectivity index (χ4n) is 4.16. The summed E-state index contributed by atoms with van der Waals surface area (Å²) in [6.07, 6.45) is 3.30. The van der Waals surface area contributed by atoms with Gasteiger partial charge >= 0.3 is 0 Å². The van der Waals surface area contributed by atoms with E-state index in [9.17, 15) is 4.79 Å². The molecule has 0 radical (unpaired) electrons. The molecule has 5 rings (SSSR count). The number of piperidine rings is 1. The molecule has 2 saturated heterocycles. The van der Waals surface area contributed by atoms with E-state index in [2.05, 4.69) is 4.98 Å². The number of carbonyl (C=O) groups excluding carboxylic acids is 1. The lowest BCUT2D eigenvalue weighted by atomic mass is 10.0. The Morgan fingerprint density at radius 1 is 1.07 bits per heavy atom. The van der Waals surface area contributed by atoms with Crippen LogP contribution in [0.15, 0.2) is 48.7 Å². The van der Waals surface area contributed by atoms with Crippen molar-refractivity contribution in [1.82, 2.24) is 14.3 Å². The number of hydrogen-bond acceptors (Lipinski definition) is 5. The van der Waals surface area contributed by atoms with E-state index in [-0.39, 0.29) is 5.91 Å². The zero-order valence-electron chi connectivity index (χ0n) is 16.3. The average molecular weight is 393 g/mol. The Morgan fingerprint density at radius 2 is 1.79 bits per heavy atom. The van der Waals surface area contributed by atoms with Crippen LogP contribution in [0.3, 0.4) is 0 Å². The number of rotatable bonds is 3. The van der Waals surface area contributed by atoms with Crippen LogP contribution < -0.4 is 4.74 Å². The highest BCUT2D eigenvalue weighted by Gasteiger charge is 2.41. The number of amides is 1. The second-order valence-electron chi connectivity index (χ2n) is 7.37. The third kappa shape index (κ3) is 3.16. The first-order chi connectivity index (χ1) is 14.2. The van der Waals surface area contributed by atoms with Gasteiger partial charge in [0.15, 0.2) is 11.5 Å². The molecule has 1 amide bonds. The van der Waals surface area contributed by atoms with Crippen molar-refractivity contribution >= 4 is 11.6 Å². The van der Waals surface area contributed by atoms with Crippen molar-refractivity contribution in [2.24, 2.45) is 0 Å². The largest absolute Gasteiger partial charge is 0.497 e. The molecule has 2 aromatic heterocycles. The van der Waals surface area contributed by atoms with Gasteiger partial charge < -0.3 is 19.1 Å². The number of imidazole rings is 1. The first-order valence-electron chi connectivity index (χ1n) is 9.88. The van der Waals surface area contributed by atoms with Crippen LogP contribution in [0.4, 0.5) is 0 Å². The number of fused-ring (bicyclic) bond motifs is 1. The Kier molecular flexibility index (Phi) is 4.49. The summed E-state index contributed by atoms with van der Waals surface area (Å²) in [5, 5.41) is 0. The first-order valence-corrected chi connectivity index (χ1v) is 9.88.